The molecule has 0 spiro atoms. The lowest BCUT2D eigenvalue weighted by molar-refractivity contribution is 0.397. The van der Waals surface area contributed by atoms with Crippen LogP contribution in [-0.4, -0.2) is 10.1 Å². The average Bonchev–Trinajstić information content (AvgIpc) is 2.96. The van der Waals surface area contributed by atoms with Gasteiger partial charge >= 0.3 is 0 Å². The van der Waals surface area contributed by atoms with Crippen LogP contribution in [0.5, 0.6) is 0 Å². The summed E-state index contributed by atoms with van der Waals surface area (Å²) in [6.07, 6.45) is 1.73. The van der Waals surface area contributed by atoms with Crippen LogP contribution < -0.4 is 0 Å². The topological polar surface area (TPSA) is 38.9 Å². The second kappa shape index (κ2) is 6.11. The number of aromatic nitrogens is 2. The van der Waals surface area contributed by atoms with Crippen LogP contribution in [0.3, 0.4) is 0 Å². The van der Waals surface area contributed by atoms with Crippen molar-refractivity contribution in [2.45, 2.75) is 10.8 Å². The van der Waals surface area contributed by atoms with Crippen LogP contribution in [0.2, 0.25) is 5.02 Å². The number of benzene rings is 1. The van der Waals surface area contributed by atoms with E-state index in [9.17, 15) is 0 Å². The number of halogens is 1. The van der Waals surface area contributed by atoms with Crippen molar-refractivity contribution in [1.29, 1.82) is 0 Å². The van der Waals surface area contributed by atoms with Crippen molar-refractivity contribution in [2.24, 2.45) is 0 Å². The second-order valence-corrected chi connectivity index (χ2v) is 5.49. The Labute approximate surface area is 126 Å². The molecular formula is C15H11ClN2OS. The standard InChI is InChI=1S/C15H11ClN2OS/c16-13-7-4-8-17-15(13)20-10-12-9-14(18-19-12)11-5-2-1-3-6-11/h1-9H,10H2. The summed E-state index contributed by atoms with van der Waals surface area (Å²) in [5.74, 6) is 1.45. The van der Waals surface area contributed by atoms with E-state index in [-0.39, 0.29) is 0 Å². The first-order chi connectivity index (χ1) is 9.83. The first kappa shape index (κ1) is 13.2. The van der Waals surface area contributed by atoms with Gasteiger partial charge in [-0.05, 0) is 12.1 Å². The van der Waals surface area contributed by atoms with Crippen LogP contribution in [0.25, 0.3) is 11.3 Å². The fourth-order valence-corrected chi connectivity index (χ4v) is 2.78. The number of hydrogen-bond acceptors (Lipinski definition) is 4. The number of pyridine rings is 1. The molecule has 0 amide bonds. The van der Waals surface area contributed by atoms with Crippen LogP contribution >= 0.6 is 23.4 Å². The van der Waals surface area contributed by atoms with Gasteiger partial charge in [-0.15, -0.1) is 0 Å². The van der Waals surface area contributed by atoms with E-state index < -0.39 is 0 Å². The minimum atomic E-state index is 0.649. The third-order valence-electron chi connectivity index (χ3n) is 2.70. The highest BCUT2D eigenvalue weighted by atomic mass is 35.5. The Hall–Kier alpha value is -1.78. The molecule has 20 heavy (non-hydrogen) atoms. The lowest BCUT2D eigenvalue weighted by atomic mass is 10.1. The fraction of sp³-hybridized carbons (Fsp3) is 0.0667. The summed E-state index contributed by atoms with van der Waals surface area (Å²) in [5.41, 5.74) is 1.89. The molecule has 1 aromatic carbocycles. The van der Waals surface area contributed by atoms with E-state index in [0.29, 0.717) is 10.8 Å². The van der Waals surface area contributed by atoms with Crippen molar-refractivity contribution in [3.63, 3.8) is 0 Å². The maximum Gasteiger partial charge on any atom is 0.147 e. The number of hydrogen-bond donors (Lipinski definition) is 0. The number of thioether (sulfide) groups is 1. The predicted octanol–water partition coefficient (Wildman–Crippen LogP) is 4.68. The van der Waals surface area contributed by atoms with Gasteiger partial charge in [0.05, 0.1) is 10.8 Å². The summed E-state index contributed by atoms with van der Waals surface area (Å²) in [4.78, 5) is 4.23. The number of rotatable bonds is 4. The van der Waals surface area contributed by atoms with Gasteiger partial charge in [-0.1, -0.05) is 58.9 Å². The zero-order chi connectivity index (χ0) is 13.8. The van der Waals surface area contributed by atoms with Gasteiger partial charge < -0.3 is 4.52 Å². The summed E-state index contributed by atoms with van der Waals surface area (Å²) >= 11 is 7.59. The lowest BCUT2D eigenvalue weighted by Crippen LogP contribution is -1.81. The Morgan fingerprint density at radius 3 is 2.75 bits per heavy atom. The molecule has 2 heterocycles. The van der Waals surface area contributed by atoms with E-state index >= 15 is 0 Å². The maximum atomic E-state index is 6.06. The smallest absolute Gasteiger partial charge is 0.147 e. The Balaban J connectivity index is 1.71. The normalized spacial score (nSPS) is 10.7. The summed E-state index contributed by atoms with van der Waals surface area (Å²) < 4.78 is 5.34. The van der Waals surface area contributed by atoms with Crippen LogP contribution in [0.4, 0.5) is 0 Å². The monoisotopic (exact) mass is 302 g/mol. The third-order valence-corrected chi connectivity index (χ3v) is 4.15. The Morgan fingerprint density at radius 2 is 1.95 bits per heavy atom. The molecule has 2 aromatic heterocycles. The molecule has 0 atom stereocenters. The van der Waals surface area contributed by atoms with Gasteiger partial charge in [-0.25, -0.2) is 4.98 Å². The summed E-state index contributed by atoms with van der Waals surface area (Å²) in [6.45, 7) is 0. The highest BCUT2D eigenvalue weighted by molar-refractivity contribution is 7.98. The average molecular weight is 303 g/mol. The lowest BCUT2D eigenvalue weighted by Gasteiger charge is -1.99. The Kier molecular flexibility index (Phi) is 4.04. The van der Waals surface area contributed by atoms with Gasteiger partial charge in [0.25, 0.3) is 0 Å². The third kappa shape index (κ3) is 3.03. The molecule has 0 N–H and O–H groups in total. The molecule has 0 aliphatic carbocycles. The molecule has 0 fully saturated rings. The van der Waals surface area contributed by atoms with Crippen LogP contribution in [0.15, 0.2) is 64.3 Å². The van der Waals surface area contributed by atoms with Gasteiger partial charge in [-0.3, -0.25) is 0 Å². The predicted molar refractivity (Wildman–Crippen MR) is 80.7 cm³/mol. The SMILES string of the molecule is Clc1cccnc1SCc1cc(-c2ccccc2)no1. The van der Waals surface area contributed by atoms with Crippen molar-refractivity contribution >= 4 is 23.4 Å². The minimum Gasteiger partial charge on any atom is -0.360 e. The molecule has 3 aromatic rings. The van der Waals surface area contributed by atoms with E-state index in [2.05, 4.69) is 10.1 Å². The molecule has 3 nitrogen and oxygen atoms in total. The molecule has 0 saturated carbocycles. The highest BCUT2D eigenvalue weighted by Gasteiger charge is 2.08. The van der Waals surface area contributed by atoms with E-state index in [1.165, 1.54) is 11.8 Å². The van der Waals surface area contributed by atoms with Crippen molar-refractivity contribution in [3.8, 4) is 11.3 Å². The summed E-state index contributed by atoms with van der Waals surface area (Å²) in [5, 5.41) is 5.53. The van der Waals surface area contributed by atoms with Gasteiger partial charge in [-0.2, -0.15) is 0 Å². The fourth-order valence-electron chi connectivity index (χ4n) is 1.74. The molecule has 0 bridgehead atoms. The first-order valence-electron chi connectivity index (χ1n) is 6.07. The van der Waals surface area contributed by atoms with Gasteiger partial charge in [0.1, 0.15) is 16.5 Å². The Bertz CT molecular complexity index is 700. The van der Waals surface area contributed by atoms with E-state index in [4.69, 9.17) is 16.1 Å². The second-order valence-electron chi connectivity index (χ2n) is 4.12. The minimum absolute atomic E-state index is 0.649. The summed E-state index contributed by atoms with van der Waals surface area (Å²) in [6, 6.07) is 15.5. The number of nitrogens with zero attached hydrogens (tertiary/aromatic N) is 2. The molecular weight excluding hydrogens is 292 g/mol. The zero-order valence-electron chi connectivity index (χ0n) is 10.5. The van der Waals surface area contributed by atoms with Crippen LogP contribution in [0.1, 0.15) is 5.76 Å². The van der Waals surface area contributed by atoms with Crippen LogP contribution in [0, 0.1) is 0 Å². The van der Waals surface area contributed by atoms with Gasteiger partial charge in [0.2, 0.25) is 0 Å². The van der Waals surface area contributed by atoms with Crippen molar-refractivity contribution in [2.75, 3.05) is 0 Å². The maximum absolute atomic E-state index is 6.06. The first-order valence-corrected chi connectivity index (χ1v) is 7.43. The Morgan fingerprint density at radius 1 is 1.10 bits per heavy atom. The molecule has 0 aliphatic heterocycles. The van der Waals surface area contributed by atoms with E-state index in [1.807, 2.05) is 48.5 Å². The van der Waals surface area contributed by atoms with Crippen LogP contribution in [-0.2, 0) is 5.75 Å². The van der Waals surface area contributed by atoms with E-state index in [0.717, 1.165) is 22.0 Å². The van der Waals surface area contributed by atoms with Gasteiger partial charge in [0.15, 0.2) is 0 Å². The molecule has 0 aliphatic rings. The quantitative estimate of drug-likeness (QED) is 0.656. The molecule has 0 unspecified atom stereocenters. The molecule has 0 radical (unpaired) electrons. The van der Waals surface area contributed by atoms with E-state index in [1.54, 1.807) is 6.20 Å². The largest absolute Gasteiger partial charge is 0.360 e. The van der Waals surface area contributed by atoms with Crippen molar-refractivity contribution in [3.05, 3.63) is 65.5 Å². The summed E-state index contributed by atoms with van der Waals surface area (Å²) in [7, 11) is 0. The highest BCUT2D eigenvalue weighted by Crippen LogP contribution is 2.28. The molecule has 3 rings (SSSR count). The van der Waals surface area contributed by atoms with Gasteiger partial charge in [0, 0.05) is 17.8 Å². The van der Waals surface area contributed by atoms with Crippen molar-refractivity contribution < 1.29 is 4.52 Å². The molecule has 5 heteroatoms. The zero-order valence-corrected chi connectivity index (χ0v) is 12.1. The van der Waals surface area contributed by atoms with Crippen molar-refractivity contribution in [1.82, 2.24) is 10.1 Å². The molecule has 0 saturated heterocycles. The molecule has 100 valence electrons.